The monoisotopic (exact) mass is 263 g/mol. The van der Waals surface area contributed by atoms with Gasteiger partial charge in [-0.15, -0.1) is 0 Å². The predicted octanol–water partition coefficient (Wildman–Crippen LogP) is 3.97. The molecule has 0 radical (unpaired) electrons. The van der Waals surface area contributed by atoms with Crippen molar-refractivity contribution in [1.29, 1.82) is 0 Å². The molecule has 0 amide bonds. The number of hydrogen-bond acceptors (Lipinski definition) is 1. The molecule has 0 aromatic heterocycles. The molecule has 1 aliphatic carbocycles. The Morgan fingerprint density at radius 2 is 1.90 bits per heavy atom. The highest BCUT2D eigenvalue weighted by atomic mass is 14.9. The molecule has 4 rings (SSSR count). The quantitative estimate of drug-likeness (QED) is 0.737. The molecule has 2 atom stereocenters. The van der Waals surface area contributed by atoms with Crippen LogP contribution in [0.4, 0.5) is 0 Å². The van der Waals surface area contributed by atoms with Gasteiger partial charge in [0.05, 0.1) is 0 Å². The second-order valence-corrected chi connectivity index (χ2v) is 6.29. The lowest BCUT2D eigenvalue weighted by Crippen LogP contribution is -2.14. The summed E-state index contributed by atoms with van der Waals surface area (Å²) in [7, 11) is 0. The molecule has 1 nitrogen and oxygen atoms in total. The number of rotatable bonds is 2. The molecule has 2 unspecified atom stereocenters. The first-order valence-corrected chi connectivity index (χ1v) is 7.75. The van der Waals surface area contributed by atoms with Crippen LogP contribution >= 0.6 is 0 Å². The maximum Gasteiger partial charge on any atom is -0.00134 e. The van der Waals surface area contributed by atoms with Crippen molar-refractivity contribution in [1.82, 2.24) is 5.32 Å². The molecule has 1 heterocycles. The normalized spacial score (nSPS) is 21.6. The average Bonchev–Trinajstić information content (AvgIpc) is 3.13. The van der Waals surface area contributed by atoms with Crippen LogP contribution in [0.25, 0.3) is 11.1 Å². The largest absolute Gasteiger partial charge is 0.316 e. The van der Waals surface area contributed by atoms with Gasteiger partial charge in [0.1, 0.15) is 0 Å². The minimum Gasteiger partial charge on any atom is -0.316 e. The Morgan fingerprint density at radius 3 is 2.75 bits per heavy atom. The Bertz CT molecular complexity index is 638. The SMILES string of the molecule is CC(c1ccc2c(c1)Cc1ccccc1-2)C1CCNC1. The molecule has 1 aliphatic heterocycles. The Hall–Kier alpha value is -1.60. The molecule has 0 bridgehead atoms. The van der Waals surface area contributed by atoms with Crippen LogP contribution in [0.2, 0.25) is 0 Å². The summed E-state index contributed by atoms with van der Waals surface area (Å²) in [4.78, 5) is 0. The Morgan fingerprint density at radius 1 is 1.05 bits per heavy atom. The maximum absolute atomic E-state index is 3.49. The Balaban J connectivity index is 1.68. The fourth-order valence-corrected chi connectivity index (χ4v) is 3.82. The fourth-order valence-electron chi connectivity index (χ4n) is 3.82. The first kappa shape index (κ1) is 12.2. The fraction of sp³-hybridized carbons (Fsp3) is 0.368. The smallest absolute Gasteiger partial charge is 0.00134 e. The van der Waals surface area contributed by atoms with Gasteiger partial charge in [0, 0.05) is 0 Å². The van der Waals surface area contributed by atoms with Crippen molar-refractivity contribution in [3.8, 4) is 11.1 Å². The van der Waals surface area contributed by atoms with E-state index in [4.69, 9.17) is 0 Å². The van der Waals surface area contributed by atoms with Crippen molar-refractivity contribution in [3.05, 3.63) is 59.2 Å². The third-order valence-corrected chi connectivity index (χ3v) is 5.15. The van der Waals surface area contributed by atoms with E-state index in [2.05, 4.69) is 54.7 Å². The lowest BCUT2D eigenvalue weighted by Gasteiger charge is -2.19. The van der Waals surface area contributed by atoms with E-state index in [1.54, 1.807) is 0 Å². The minimum absolute atomic E-state index is 0.666. The maximum atomic E-state index is 3.49. The summed E-state index contributed by atoms with van der Waals surface area (Å²) in [5, 5.41) is 3.49. The highest BCUT2D eigenvalue weighted by Gasteiger charge is 2.24. The van der Waals surface area contributed by atoms with Gasteiger partial charge in [-0.2, -0.15) is 0 Å². The van der Waals surface area contributed by atoms with Crippen molar-refractivity contribution in [2.45, 2.75) is 25.7 Å². The molecular weight excluding hydrogens is 242 g/mol. The minimum atomic E-state index is 0.666. The zero-order valence-corrected chi connectivity index (χ0v) is 12.0. The summed E-state index contributed by atoms with van der Waals surface area (Å²) in [6, 6.07) is 16.0. The lowest BCUT2D eigenvalue weighted by atomic mass is 9.85. The van der Waals surface area contributed by atoms with Crippen LogP contribution in [-0.2, 0) is 6.42 Å². The lowest BCUT2D eigenvalue weighted by molar-refractivity contribution is 0.487. The van der Waals surface area contributed by atoms with Crippen LogP contribution in [0.3, 0.4) is 0 Å². The van der Waals surface area contributed by atoms with Gasteiger partial charge in [-0.1, -0.05) is 49.4 Å². The van der Waals surface area contributed by atoms with E-state index < -0.39 is 0 Å². The summed E-state index contributed by atoms with van der Waals surface area (Å²) >= 11 is 0. The van der Waals surface area contributed by atoms with Crippen LogP contribution < -0.4 is 5.32 Å². The van der Waals surface area contributed by atoms with Crippen molar-refractivity contribution in [3.63, 3.8) is 0 Å². The van der Waals surface area contributed by atoms with Gasteiger partial charge in [0.15, 0.2) is 0 Å². The molecule has 20 heavy (non-hydrogen) atoms. The van der Waals surface area contributed by atoms with E-state index in [9.17, 15) is 0 Å². The van der Waals surface area contributed by atoms with Crippen LogP contribution in [-0.4, -0.2) is 13.1 Å². The van der Waals surface area contributed by atoms with Gasteiger partial charge < -0.3 is 5.32 Å². The molecular formula is C19H21N. The third-order valence-electron chi connectivity index (χ3n) is 5.15. The van der Waals surface area contributed by atoms with Gasteiger partial charge in [0.25, 0.3) is 0 Å². The van der Waals surface area contributed by atoms with Crippen LogP contribution in [0.15, 0.2) is 42.5 Å². The van der Waals surface area contributed by atoms with Gasteiger partial charge >= 0.3 is 0 Å². The summed E-state index contributed by atoms with van der Waals surface area (Å²) in [5.41, 5.74) is 7.40. The van der Waals surface area contributed by atoms with Gasteiger partial charge in [-0.05, 0) is 65.6 Å². The first-order chi connectivity index (χ1) is 9.83. The van der Waals surface area contributed by atoms with Gasteiger partial charge in [0.2, 0.25) is 0 Å². The molecule has 0 saturated carbocycles. The molecule has 2 aliphatic rings. The molecule has 102 valence electrons. The van der Waals surface area contributed by atoms with Crippen LogP contribution in [0, 0.1) is 5.92 Å². The van der Waals surface area contributed by atoms with E-state index in [-0.39, 0.29) is 0 Å². The number of nitrogens with one attached hydrogen (secondary N) is 1. The van der Waals surface area contributed by atoms with Crippen molar-refractivity contribution < 1.29 is 0 Å². The van der Waals surface area contributed by atoms with E-state index in [0.717, 1.165) is 12.3 Å². The highest BCUT2D eigenvalue weighted by molar-refractivity contribution is 5.77. The van der Waals surface area contributed by atoms with E-state index in [0.29, 0.717) is 5.92 Å². The Labute approximate surface area is 121 Å². The number of benzene rings is 2. The molecule has 2 aromatic rings. The predicted molar refractivity (Wildman–Crippen MR) is 84.1 cm³/mol. The first-order valence-electron chi connectivity index (χ1n) is 7.75. The van der Waals surface area contributed by atoms with Gasteiger partial charge in [-0.25, -0.2) is 0 Å². The molecule has 0 spiro atoms. The summed E-state index contributed by atoms with van der Waals surface area (Å²) in [6.07, 6.45) is 2.42. The molecule has 1 N–H and O–H groups in total. The van der Waals surface area contributed by atoms with Gasteiger partial charge in [-0.3, -0.25) is 0 Å². The van der Waals surface area contributed by atoms with Crippen molar-refractivity contribution in [2.75, 3.05) is 13.1 Å². The second kappa shape index (κ2) is 4.75. The van der Waals surface area contributed by atoms with Crippen molar-refractivity contribution in [2.24, 2.45) is 5.92 Å². The number of fused-ring (bicyclic) bond motifs is 3. The highest BCUT2D eigenvalue weighted by Crippen LogP contribution is 2.39. The third kappa shape index (κ3) is 1.89. The topological polar surface area (TPSA) is 12.0 Å². The molecule has 2 aromatic carbocycles. The van der Waals surface area contributed by atoms with Crippen molar-refractivity contribution >= 4 is 0 Å². The van der Waals surface area contributed by atoms with E-state index in [1.807, 2.05) is 0 Å². The summed E-state index contributed by atoms with van der Waals surface area (Å²) in [5.74, 6) is 1.47. The molecule has 1 heteroatoms. The Kier molecular flexibility index (Phi) is 2.89. The standard InChI is InChI=1S/C19H21N/c1-13(16-8-9-20-12-16)14-6-7-19-17(10-14)11-15-4-2-3-5-18(15)19/h2-7,10,13,16,20H,8-9,11-12H2,1H3. The van der Waals surface area contributed by atoms with Crippen LogP contribution in [0.1, 0.15) is 36.0 Å². The summed E-state index contributed by atoms with van der Waals surface area (Å²) in [6.45, 7) is 4.76. The van der Waals surface area contributed by atoms with Crippen LogP contribution in [0.5, 0.6) is 0 Å². The zero-order chi connectivity index (χ0) is 13.5. The average molecular weight is 263 g/mol. The summed E-state index contributed by atoms with van der Waals surface area (Å²) < 4.78 is 0. The number of hydrogen-bond donors (Lipinski definition) is 1. The van der Waals surface area contributed by atoms with E-state index >= 15 is 0 Å². The van der Waals surface area contributed by atoms with E-state index in [1.165, 1.54) is 47.3 Å². The second-order valence-electron chi connectivity index (χ2n) is 6.29. The zero-order valence-electron chi connectivity index (χ0n) is 12.0. The molecule has 1 fully saturated rings. The molecule has 1 saturated heterocycles.